The molecule has 2 aromatic rings. The minimum atomic E-state index is 0.796. The van der Waals surface area contributed by atoms with Crippen LogP contribution in [0.25, 0.3) is 11.8 Å². The Balaban J connectivity index is 2.33. The van der Waals surface area contributed by atoms with Crippen molar-refractivity contribution in [2.75, 3.05) is 5.32 Å². The SMILES string of the molecule is C1=Cc2nncn2-c2cccnc2N1. The molecule has 0 bridgehead atoms. The zero-order chi connectivity index (χ0) is 9.38. The van der Waals surface area contributed by atoms with Crippen molar-refractivity contribution >= 4 is 11.9 Å². The molecule has 0 atom stereocenters. The maximum absolute atomic E-state index is 4.22. The van der Waals surface area contributed by atoms with Crippen molar-refractivity contribution in [2.24, 2.45) is 0 Å². The van der Waals surface area contributed by atoms with Gasteiger partial charge in [0, 0.05) is 12.4 Å². The van der Waals surface area contributed by atoms with Gasteiger partial charge in [0.05, 0.1) is 5.69 Å². The fourth-order valence-electron chi connectivity index (χ4n) is 1.44. The van der Waals surface area contributed by atoms with Crippen LogP contribution < -0.4 is 5.32 Å². The highest BCUT2D eigenvalue weighted by atomic mass is 15.3. The second kappa shape index (κ2) is 2.66. The lowest BCUT2D eigenvalue weighted by molar-refractivity contribution is 1.03. The van der Waals surface area contributed by atoms with E-state index in [0.717, 1.165) is 17.3 Å². The zero-order valence-corrected chi connectivity index (χ0v) is 7.25. The van der Waals surface area contributed by atoms with E-state index >= 15 is 0 Å². The number of pyridine rings is 1. The molecule has 0 saturated heterocycles. The van der Waals surface area contributed by atoms with E-state index in [1.54, 1.807) is 18.7 Å². The van der Waals surface area contributed by atoms with Gasteiger partial charge in [0.25, 0.3) is 0 Å². The van der Waals surface area contributed by atoms with Gasteiger partial charge in [-0.05, 0) is 18.2 Å². The average molecular weight is 185 g/mol. The van der Waals surface area contributed by atoms with Crippen molar-refractivity contribution in [3.05, 3.63) is 36.7 Å². The summed E-state index contributed by atoms with van der Waals surface area (Å²) in [4.78, 5) is 4.22. The van der Waals surface area contributed by atoms with Gasteiger partial charge in [-0.3, -0.25) is 4.57 Å². The third kappa shape index (κ3) is 0.922. The lowest BCUT2D eigenvalue weighted by atomic mass is 10.4. The minimum absolute atomic E-state index is 0.796. The predicted octanol–water partition coefficient (Wildman–Crippen LogP) is 1.06. The van der Waals surface area contributed by atoms with E-state index in [0.29, 0.717) is 0 Å². The summed E-state index contributed by atoms with van der Waals surface area (Å²) in [5, 5.41) is 10.9. The third-order valence-corrected chi connectivity index (χ3v) is 2.07. The maximum atomic E-state index is 4.22. The number of fused-ring (bicyclic) bond motifs is 3. The van der Waals surface area contributed by atoms with Crippen molar-refractivity contribution in [3.8, 4) is 5.69 Å². The zero-order valence-electron chi connectivity index (χ0n) is 7.25. The molecule has 0 unspecified atom stereocenters. The van der Waals surface area contributed by atoms with Crippen LogP contribution in [0.4, 0.5) is 5.82 Å². The van der Waals surface area contributed by atoms with Crippen LogP contribution in [0.5, 0.6) is 0 Å². The lowest BCUT2D eigenvalue weighted by Gasteiger charge is -2.05. The molecular weight excluding hydrogens is 178 g/mol. The van der Waals surface area contributed by atoms with E-state index in [4.69, 9.17) is 0 Å². The smallest absolute Gasteiger partial charge is 0.162 e. The first-order valence-corrected chi connectivity index (χ1v) is 4.24. The van der Waals surface area contributed by atoms with E-state index in [1.165, 1.54) is 0 Å². The number of anilines is 1. The molecule has 0 spiro atoms. The number of nitrogens with zero attached hydrogens (tertiary/aromatic N) is 4. The molecule has 1 N–H and O–H groups in total. The second-order valence-electron chi connectivity index (χ2n) is 2.91. The number of hydrogen-bond acceptors (Lipinski definition) is 4. The molecule has 0 aliphatic carbocycles. The van der Waals surface area contributed by atoms with E-state index in [2.05, 4.69) is 20.5 Å². The van der Waals surface area contributed by atoms with Gasteiger partial charge < -0.3 is 5.32 Å². The van der Waals surface area contributed by atoms with Gasteiger partial charge in [-0.25, -0.2) is 4.98 Å². The Morgan fingerprint density at radius 2 is 2.36 bits per heavy atom. The molecule has 0 amide bonds. The Bertz CT molecular complexity index is 499. The summed E-state index contributed by atoms with van der Waals surface area (Å²) in [6, 6.07) is 3.85. The highest BCUT2D eigenvalue weighted by Gasteiger charge is 2.10. The molecular formula is C9H7N5. The second-order valence-corrected chi connectivity index (χ2v) is 2.91. The van der Waals surface area contributed by atoms with Crippen LogP contribution in [0.2, 0.25) is 0 Å². The van der Waals surface area contributed by atoms with Crippen molar-refractivity contribution in [1.29, 1.82) is 0 Å². The van der Waals surface area contributed by atoms with Gasteiger partial charge in [-0.2, -0.15) is 0 Å². The Hall–Kier alpha value is -2.17. The summed E-state index contributed by atoms with van der Waals surface area (Å²) in [6.07, 6.45) is 7.08. The van der Waals surface area contributed by atoms with Crippen LogP contribution in [0.3, 0.4) is 0 Å². The number of rotatable bonds is 0. The molecule has 14 heavy (non-hydrogen) atoms. The number of aromatic nitrogens is 4. The quantitative estimate of drug-likeness (QED) is 0.666. The summed E-state index contributed by atoms with van der Waals surface area (Å²) in [7, 11) is 0. The van der Waals surface area contributed by atoms with Crippen molar-refractivity contribution in [1.82, 2.24) is 19.7 Å². The maximum Gasteiger partial charge on any atom is 0.162 e. The topological polar surface area (TPSA) is 55.6 Å². The van der Waals surface area contributed by atoms with Crippen molar-refractivity contribution in [3.63, 3.8) is 0 Å². The summed E-state index contributed by atoms with van der Waals surface area (Å²) >= 11 is 0. The number of nitrogens with one attached hydrogen (secondary N) is 1. The summed E-state index contributed by atoms with van der Waals surface area (Å²) in [6.45, 7) is 0. The van der Waals surface area contributed by atoms with Gasteiger partial charge in [-0.1, -0.05) is 0 Å². The molecule has 5 nitrogen and oxygen atoms in total. The normalized spacial score (nSPS) is 12.6. The monoisotopic (exact) mass is 185 g/mol. The van der Waals surface area contributed by atoms with Gasteiger partial charge in [0.15, 0.2) is 11.6 Å². The Labute approximate surface area is 80.1 Å². The van der Waals surface area contributed by atoms with Gasteiger partial charge in [-0.15, -0.1) is 10.2 Å². The Morgan fingerprint density at radius 1 is 1.36 bits per heavy atom. The first-order chi connectivity index (χ1) is 6.95. The molecule has 3 heterocycles. The highest BCUT2D eigenvalue weighted by Crippen LogP contribution is 2.20. The first kappa shape index (κ1) is 7.25. The van der Waals surface area contributed by atoms with Crippen LogP contribution in [-0.2, 0) is 0 Å². The largest absolute Gasteiger partial charge is 0.345 e. The summed E-state index contributed by atoms with van der Waals surface area (Å²) in [5.41, 5.74) is 0.956. The van der Waals surface area contributed by atoms with Crippen molar-refractivity contribution in [2.45, 2.75) is 0 Å². The van der Waals surface area contributed by atoms with Crippen LogP contribution in [0.1, 0.15) is 5.82 Å². The van der Waals surface area contributed by atoms with Crippen LogP contribution in [-0.4, -0.2) is 19.7 Å². The van der Waals surface area contributed by atoms with Crippen molar-refractivity contribution < 1.29 is 0 Å². The molecule has 1 aliphatic rings. The Kier molecular flexibility index (Phi) is 1.38. The first-order valence-electron chi connectivity index (χ1n) is 4.24. The fourth-order valence-corrected chi connectivity index (χ4v) is 1.44. The van der Waals surface area contributed by atoms with Crippen LogP contribution in [0.15, 0.2) is 30.9 Å². The molecule has 1 aliphatic heterocycles. The van der Waals surface area contributed by atoms with Gasteiger partial charge in [0.1, 0.15) is 6.33 Å². The molecule has 2 aromatic heterocycles. The van der Waals surface area contributed by atoms with E-state index in [1.807, 2.05) is 22.8 Å². The lowest BCUT2D eigenvalue weighted by Crippen LogP contribution is -1.98. The van der Waals surface area contributed by atoms with Crippen LogP contribution in [0, 0.1) is 0 Å². The minimum Gasteiger partial charge on any atom is -0.345 e. The standard InChI is InChI=1S/C9H7N5/c1-2-7-9(10-4-1)11-5-3-8-13-12-6-14(7)8/h1-6H,(H,10,11). The van der Waals surface area contributed by atoms with Crippen LogP contribution >= 0.6 is 0 Å². The van der Waals surface area contributed by atoms with Gasteiger partial charge in [0.2, 0.25) is 0 Å². The van der Waals surface area contributed by atoms with E-state index < -0.39 is 0 Å². The third-order valence-electron chi connectivity index (χ3n) is 2.07. The van der Waals surface area contributed by atoms with E-state index in [9.17, 15) is 0 Å². The molecule has 0 fully saturated rings. The molecule has 0 aromatic carbocycles. The molecule has 0 radical (unpaired) electrons. The predicted molar refractivity (Wildman–Crippen MR) is 51.8 cm³/mol. The average Bonchev–Trinajstić information content (AvgIpc) is 2.61. The highest BCUT2D eigenvalue weighted by molar-refractivity contribution is 5.63. The molecule has 5 heteroatoms. The molecule has 0 saturated carbocycles. The fraction of sp³-hybridized carbons (Fsp3) is 0. The molecule has 68 valence electrons. The summed E-state index contributed by atoms with van der Waals surface area (Å²) in [5.74, 6) is 1.60. The number of hydrogen-bond donors (Lipinski definition) is 1. The Morgan fingerprint density at radius 3 is 3.36 bits per heavy atom. The van der Waals surface area contributed by atoms with E-state index in [-0.39, 0.29) is 0 Å². The van der Waals surface area contributed by atoms with Gasteiger partial charge >= 0.3 is 0 Å². The summed E-state index contributed by atoms with van der Waals surface area (Å²) < 4.78 is 1.89. The molecule has 3 rings (SSSR count).